The molecule has 2 N–H and O–H groups in total. The van der Waals surface area contributed by atoms with Gasteiger partial charge in [-0.25, -0.2) is 0 Å². The van der Waals surface area contributed by atoms with Crippen LogP contribution < -0.4 is 15.4 Å². The molecule has 4 rings (SSSR count). The Morgan fingerprint density at radius 1 is 1.17 bits per heavy atom. The number of hydrogen-bond donors (Lipinski definition) is 2. The second kappa shape index (κ2) is 10.4. The van der Waals surface area contributed by atoms with Crippen LogP contribution in [-0.2, 0) is 16.1 Å². The number of hydrogen-bond acceptors (Lipinski definition) is 6. The normalized spacial score (nSPS) is 18.9. The maximum atomic E-state index is 13.3. The Kier molecular flexibility index (Phi) is 7.32. The second-order valence-corrected chi connectivity index (χ2v) is 10.6. The van der Waals surface area contributed by atoms with Crippen LogP contribution in [0, 0.1) is 16.7 Å². The van der Waals surface area contributed by atoms with E-state index in [2.05, 4.69) is 30.6 Å². The van der Waals surface area contributed by atoms with Gasteiger partial charge in [0.25, 0.3) is 0 Å². The lowest BCUT2D eigenvalue weighted by molar-refractivity contribution is -0.119. The van der Waals surface area contributed by atoms with Crippen LogP contribution in [0.15, 0.2) is 76.5 Å². The molecule has 1 atom stereocenters. The van der Waals surface area contributed by atoms with Crippen LogP contribution >= 0.6 is 11.8 Å². The molecule has 1 aliphatic heterocycles. The predicted molar refractivity (Wildman–Crippen MR) is 137 cm³/mol. The van der Waals surface area contributed by atoms with Crippen molar-refractivity contribution in [1.29, 1.82) is 5.26 Å². The van der Waals surface area contributed by atoms with Gasteiger partial charge in [0.2, 0.25) is 5.91 Å². The van der Waals surface area contributed by atoms with Gasteiger partial charge in [0, 0.05) is 24.2 Å². The second-order valence-electron chi connectivity index (χ2n) is 9.57. The molecular weight excluding hydrogens is 458 g/mol. The molecule has 0 radical (unpaired) electrons. The minimum atomic E-state index is -0.472. The highest BCUT2D eigenvalue weighted by Gasteiger charge is 2.41. The lowest BCUT2D eigenvalue weighted by Crippen LogP contribution is -2.37. The van der Waals surface area contributed by atoms with Gasteiger partial charge < -0.3 is 15.4 Å². The van der Waals surface area contributed by atoms with Crippen molar-refractivity contribution in [3.05, 3.63) is 87.6 Å². The molecule has 1 amide bonds. The summed E-state index contributed by atoms with van der Waals surface area (Å²) in [5, 5.41) is 17.1. The molecule has 2 aliphatic rings. The Balaban J connectivity index is 1.60. The third kappa shape index (κ3) is 5.60. The average molecular weight is 488 g/mol. The van der Waals surface area contributed by atoms with E-state index in [0.717, 1.165) is 16.8 Å². The highest BCUT2D eigenvalue weighted by molar-refractivity contribution is 8.03. The topological polar surface area (TPSA) is 91.2 Å². The molecule has 180 valence electrons. The average Bonchev–Trinajstić information content (AvgIpc) is 2.85. The van der Waals surface area contributed by atoms with E-state index in [1.165, 1.54) is 11.8 Å². The van der Waals surface area contributed by atoms with Gasteiger partial charge >= 0.3 is 0 Å². The third-order valence-corrected chi connectivity index (χ3v) is 7.27. The first kappa shape index (κ1) is 24.6. The number of dihydropyridines is 1. The van der Waals surface area contributed by atoms with Crippen molar-refractivity contribution in [3.8, 4) is 11.8 Å². The van der Waals surface area contributed by atoms with Crippen molar-refractivity contribution < 1.29 is 14.3 Å². The van der Waals surface area contributed by atoms with E-state index in [1.807, 2.05) is 54.6 Å². The molecule has 0 unspecified atom stereocenters. The van der Waals surface area contributed by atoms with Crippen molar-refractivity contribution in [3.63, 3.8) is 0 Å². The number of ether oxygens (including phenoxy) is 1. The van der Waals surface area contributed by atoms with E-state index < -0.39 is 5.92 Å². The fourth-order valence-electron chi connectivity index (χ4n) is 4.61. The minimum Gasteiger partial charge on any atom is -0.497 e. The molecule has 2 aromatic rings. The van der Waals surface area contributed by atoms with E-state index in [-0.39, 0.29) is 22.9 Å². The molecule has 0 saturated carbocycles. The Bertz CT molecular complexity index is 1220. The van der Waals surface area contributed by atoms with Crippen LogP contribution in [0.3, 0.4) is 0 Å². The first-order chi connectivity index (χ1) is 16.8. The number of methoxy groups -OCH3 is 1. The smallest absolute Gasteiger partial charge is 0.230 e. The number of nitrogens with zero attached hydrogens (tertiary/aromatic N) is 1. The zero-order valence-electron chi connectivity index (χ0n) is 20.2. The van der Waals surface area contributed by atoms with Crippen LogP contribution in [0.25, 0.3) is 0 Å². The number of carbonyl (C=O) groups excluding carboxylic acids is 2. The summed E-state index contributed by atoms with van der Waals surface area (Å²) >= 11 is 1.30. The number of ketones is 1. The summed E-state index contributed by atoms with van der Waals surface area (Å²) in [5.41, 5.74) is 3.66. The Morgan fingerprint density at radius 3 is 2.54 bits per heavy atom. The molecule has 0 aromatic heterocycles. The summed E-state index contributed by atoms with van der Waals surface area (Å²) in [4.78, 5) is 25.8. The Morgan fingerprint density at radius 2 is 1.89 bits per heavy atom. The molecule has 35 heavy (non-hydrogen) atoms. The number of nitrogens with one attached hydrogen (secondary N) is 2. The third-order valence-electron chi connectivity index (χ3n) is 6.26. The standard InChI is InChI=1S/C28H29N3O3S/c1-28(2)13-22-26(23(32)14-28)25(19-9-11-20(34-3)12-10-19)21(15-29)27(31-22)35-17-24(33)30-16-18-7-5-4-6-8-18/h4-12,25,31H,13-14,16-17H2,1-3H3,(H,30,33)/t25-/m0/s1. The molecule has 2 aromatic carbocycles. The predicted octanol–water partition coefficient (Wildman–Crippen LogP) is 4.81. The van der Waals surface area contributed by atoms with E-state index in [9.17, 15) is 14.9 Å². The number of benzene rings is 2. The van der Waals surface area contributed by atoms with E-state index in [1.54, 1.807) is 7.11 Å². The largest absolute Gasteiger partial charge is 0.497 e. The van der Waals surface area contributed by atoms with Crippen molar-refractivity contribution in [2.24, 2.45) is 5.41 Å². The zero-order chi connectivity index (χ0) is 25.0. The summed E-state index contributed by atoms with van der Waals surface area (Å²) in [6, 6.07) is 19.5. The van der Waals surface area contributed by atoms with Crippen molar-refractivity contribution in [2.75, 3.05) is 12.9 Å². The molecule has 0 bridgehead atoms. The number of allylic oxidation sites excluding steroid dienone is 3. The van der Waals surface area contributed by atoms with Gasteiger partial charge in [-0.05, 0) is 35.1 Å². The summed E-state index contributed by atoms with van der Waals surface area (Å²) in [7, 11) is 1.60. The first-order valence-corrected chi connectivity index (χ1v) is 12.5. The Hall–Kier alpha value is -3.50. The number of thioether (sulfide) groups is 1. The van der Waals surface area contributed by atoms with Gasteiger partial charge in [-0.15, -0.1) is 0 Å². The maximum Gasteiger partial charge on any atom is 0.230 e. The number of amides is 1. The van der Waals surface area contributed by atoms with Crippen molar-refractivity contribution in [1.82, 2.24) is 10.6 Å². The molecule has 6 nitrogen and oxygen atoms in total. The molecule has 7 heteroatoms. The zero-order valence-corrected chi connectivity index (χ0v) is 21.0. The fourth-order valence-corrected chi connectivity index (χ4v) is 5.50. The van der Waals surface area contributed by atoms with Gasteiger partial charge in [-0.3, -0.25) is 9.59 Å². The van der Waals surface area contributed by atoms with Crippen molar-refractivity contribution in [2.45, 2.75) is 39.2 Å². The number of carbonyl (C=O) groups is 2. The van der Waals surface area contributed by atoms with Gasteiger partial charge in [0.1, 0.15) is 5.75 Å². The summed E-state index contributed by atoms with van der Waals surface area (Å²) in [5.74, 6) is 0.337. The molecule has 1 heterocycles. The minimum absolute atomic E-state index is 0.0574. The van der Waals surface area contributed by atoms with Gasteiger partial charge in [0.15, 0.2) is 5.78 Å². The van der Waals surface area contributed by atoms with Crippen LogP contribution in [0.4, 0.5) is 0 Å². The quantitative estimate of drug-likeness (QED) is 0.582. The number of nitriles is 1. The van der Waals surface area contributed by atoms with E-state index >= 15 is 0 Å². The molecular formula is C28H29N3O3S. The highest BCUT2D eigenvalue weighted by Crippen LogP contribution is 2.47. The van der Waals surface area contributed by atoms with Crippen LogP contribution in [0.2, 0.25) is 0 Å². The maximum absolute atomic E-state index is 13.3. The van der Waals surface area contributed by atoms with Crippen LogP contribution in [0.1, 0.15) is 43.7 Å². The molecule has 0 saturated heterocycles. The summed E-state index contributed by atoms with van der Waals surface area (Å²) in [6.45, 7) is 4.60. The van der Waals surface area contributed by atoms with Crippen molar-refractivity contribution >= 4 is 23.5 Å². The van der Waals surface area contributed by atoms with Gasteiger partial charge in [-0.1, -0.05) is 68.1 Å². The van der Waals surface area contributed by atoms with E-state index in [0.29, 0.717) is 41.3 Å². The number of rotatable bonds is 7. The first-order valence-electron chi connectivity index (χ1n) is 11.6. The molecule has 0 spiro atoms. The highest BCUT2D eigenvalue weighted by atomic mass is 32.2. The number of Topliss-reactive ketones (excluding diaryl/α,β-unsaturated/α-hetero) is 1. The Labute approximate surface area is 210 Å². The van der Waals surface area contributed by atoms with Crippen LogP contribution in [0.5, 0.6) is 5.75 Å². The van der Waals surface area contributed by atoms with Gasteiger partial charge in [-0.2, -0.15) is 5.26 Å². The molecule has 0 fully saturated rings. The monoisotopic (exact) mass is 487 g/mol. The summed E-state index contributed by atoms with van der Waals surface area (Å²) in [6.07, 6.45) is 1.13. The van der Waals surface area contributed by atoms with Gasteiger partial charge in [0.05, 0.1) is 35.5 Å². The van der Waals surface area contributed by atoms with E-state index in [4.69, 9.17) is 4.74 Å². The summed E-state index contributed by atoms with van der Waals surface area (Å²) < 4.78 is 5.29. The lowest BCUT2D eigenvalue weighted by atomic mass is 9.69. The lowest BCUT2D eigenvalue weighted by Gasteiger charge is -2.39. The SMILES string of the molecule is COc1ccc([C@H]2C(C#N)=C(SCC(=O)NCc3ccccc3)NC3=C2C(=O)CC(C)(C)C3)cc1. The fraction of sp³-hybridized carbons (Fsp3) is 0.321. The van der Waals surface area contributed by atoms with Crippen LogP contribution in [-0.4, -0.2) is 24.6 Å². The molecule has 1 aliphatic carbocycles.